The summed E-state index contributed by atoms with van der Waals surface area (Å²) < 4.78 is 8.61. The van der Waals surface area contributed by atoms with E-state index in [2.05, 4.69) is 132 Å². The number of methoxy groups -OCH3 is 1. The summed E-state index contributed by atoms with van der Waals surface area (Å²) in [7, 11) is 30.4. The summed E-state index contributed by atoms with van der Waals surface area (Å²) in [4.78, 5) is 39.4. The van der Waals surface area contributed by atoms with Gasteiger partial charge in [-0.25, -0.2) is 4.99 Å². The van der Waals surface area contributed by atoms with Crippen molar-refractivity contribution in [3.05, 3.63) is 283 Å². The number of para-hydroxylation sites is 1. The number of aromatic hydroxyl groups is 5. The van der Waals surface area contributed by atoms with Crippen LogP contribution in [0.2, 0.25) is 0 Å². The lowest BCUT2D eigenvalue weighted by atomic mass is 9.91. The number of aliphatic imine (C=N–C) groups is 1. The Morgan fingerprint density at radius 3 is 1.19 bits per heavy atom. The van der Waals surface area contributed by atoms with E-state index in [1.54, 1.807) is 67.8 Å². The van der Waals surface area contributed by atoms with Gasteiger partial charge in [0.25, 0.3) is 11.4 Å². The summed E-state index contributed by atoms with van der Waals surface area (Å²) >= 11 is 6.54. The second kappa shape index (κ2) is 46.8. The zero-order valence-electron chi connectivity index (χ0n) is 74.9. The average Bonchev–Trinajstić information content (AvgIpc) is 0.753. The smallest absolute Gasteiger partial charge is 0.298 e. The van der Waals surface area contributed by atoms with Crippen LogP contribution in [0.15, 0.2) is 298 Å². The summed E-state index contributed by atoms with van der Waals surface area (Å²) in [5, 5.41) is 114. The van der Waals surface area contributed by atoms with Crippen LogP contribution in [0.25, 0.3) is 43.1 Å². The first kappa shape index (κ1) is 111. The molecule has 1 aliphatic carbocycles. The lowest BCUT2D eigenvalue weighted by Crippen LogP contribution is -3.00. The van der Waals surface area contributed by atoms with E-state index in [0.717, 1.165) is 71.8 Å². The molecule has 14 aromatic carbocycles. The number of nitrogens with zero attached hydrogens (tertiary/aromatic N) is 15. The van der Waals surface area contributed by atoms with E-state index >= 15 is 0 Å². The van der Waals surface area contributed by atoms with Gasteiger partial charge in [0, 0.05) is 81.1 Å². The fraction of sp³-hybridized carbons (Fsp3) is 0.167. The molecule has 0 saturated heterocycles. The number of phenols is 5. The van der Waals surface area contributed by atoms with Crippen LogP contribution in [0.1, 0.15) is 23.3 Å². The lowest BCUT2D eigenvalue weighted by Gasteiger charge is -2.23. The first-order valence-corrected chi connectivity index (χ1v) is 41.2. The predicted octanol–water partition coefficient (Wildman–Crippen LogP) is 7.97. The average molecular weight is 2050 g/mol. The maximum atomic E-state index is 12.5. The second-order valence-electron chi connectivity index (χ2n) is 33.4. The number of quaternary nitrogens is 5. The third-order valence-electron chi connectivity index (χ3n) is 20.3. The van der Waals surface area contributed by atoms with Gasteiger partial charge in [0.15, 0.2) is 5.69 Å². The van der Waals surface area contributed by atoms with Gasteiger partial charge in [0.05, 0.1) is 158 Å². The number of phenolic OH excluding ortho intramolecular Hbond substituents is 5. The molecule has 0 aliphatic heterocycles. The van der Waals surface area contributed by atoms with Crippen molar-refractivity contribution in [2.24, 2.45) is 45.9 Å². The first-order valence-electron chi connectivity index (χ1n) is 39.6. The Kier molecular flexibility index (Phi) is 38.8. The third-order valence-corrected chi connectivity index (χ3v) is 21.5. The Morgan fingerprint density at radius 1 is 0.388 bits per heavy atom. The molecule has 0 radical (unpaired) electrons. The molecule has 0 bridgehead atoms. The number of nitrogen functional groups attached to an aromatic ring is 4. The number of fused-ring (bicyclic) bond motifs is 5. The molecule has 0 aromatic heterocycles. The number of nitrogens with two attached hydrogens (primary N) is 4. The number of anilines is 4. The zero-order valence-corrected chi connectivity index (χ0v) is 81.9. The minimum atomic E-state index is -0.572. The van der Waals surface area contributed by atoms with E-state index in [0.29, 0.717) is 83.4 Å². The number of hydrogen-bond acceptors (Lipinski definition) is 24. The van der Waals surface area contributed by atoms with Crippen LogP contribution >= 0.6 is 31.9 Å². The molecule has 38 heteroatoms. The van der Waals surface area contributed by atoms with Crippen molar-refractivity contribution >= 4 is 200 Å². The van der Waals surface area contributed by atoms with Crippen molar-refractivity contribution < 1.29 is 112 Å². The predicted molar refractivity (Wildman–Crippen MR) is 530 cm³/mol. The molecule has 134 heavy (non-hydrogen) atoms. The Hall–Kier alpha value is -13.4. The Bertz CT molecular complexity index is 6860. The fourth-order valence-electron chi connectivity index (χ4n) is 13.1. The van der Waals surface area contributed by atoms with E-state index < -0.39 is 9.85 Å². The molecule has 0 atom stereocenters. The highest BCUT2D eigenvalue weighted by Crippen LogP contribution is 2.46. The number of ketones is 1. The van der Waals surface area contributed by atoms with Crippen molar-refractivity contribution in [2.45, 2.75) is 7.43 Å². The van der Waals surface area contributed by atoms with Gasteiger partial charge in [-0.15, -0.1) is 30.7 Å². The van der Waals surface area contributed by atoms with E-state index in [-0.39, 0.29) is 155 Å². The Labute approximate surface area is 823 Å². The first-order chi connectivity index (χ1) is 60.4. The highest BCUT2D eigenvalue weighted by Gasteiger charge is 2.31. The maximum Gasteiger partial charge on any atom is 0.298 e. The fourth-order valence-corrected chi connectivity index (χ4v) is 13.9. The number of nitro groups is 2. The number of rotatable bonds is 17. The molecular weight excluding hydrogens is 1950 g/mol. The molecule has 702 valence electrons. The van der Waals surface area contributed by atoms with Crippen LogP contribution in [0.4, 0.5) is 114 Å². The largest absolute Gasteiger partial charge is 1.00 e. The minimum absolute atomic E-state index is 0. The number of ether oxygens (including phenoxy) is 1. The molecule has 14 N–H and O–H groups in total. The van der Waals surface area contributed by atoms with Gasteiger partial charge in [-0.2, -0.15) is 10.2 Å². The van der Waals surface area contributed by atoms with E-state index in [1.165, 1.54) is 53.4 Å². The van der Waals surface area contributed by atoms with Gasteiger partial charge < -0.3 is 120 Å². The van der Waals surface area contributed by atoms with Crippen LogP contribution in [-0.2, 0) is 0 Å². The van der Waals surface area contributed by atoms with Crippen LogP contribution < -0.4 is 113 Å². The Morgan fingerprint density at radius 2 is 0.776 bits per heavy atom. The molecule has 0 amide bonds. The summed E-state index contributed by atoms with van der Waals surface area (Å²) in [6, 6.07) is 70.0. The summed E-state index contributed by atoms with van der Waals surface area (Å²) in [5.41, 5.74) is 34.0. The molecule has 14 aromatic rings. The molecule has 0 fully saturated rings. The SMILES string of the molecule is C.COc1ccccc1N=Nc1c(O)ccc2ccc([N+](C)(C)C)cc12.C[N+](C)(C)c1ccc2ccc(O)c(N=Nc3ccc(N)c([N+](=O)[O-])c3)c2c1.C[N+](C)(C)c1ccc2ccc(O)c(N=Nc3ccc(N)cc3)c2c1.C[N+](C)(C)c1ccc2ccc(O)c(N=Nc3ccc(N)cc3[N+](=O)[O-])c2c1.C[NH+](C)c1cccc(N=C2C=C(Br)C(=O)c3c(N)cc(Br)c(O)c32)c1.[Cl-].[Cl-].[Cl-].[Cl-].[Cl-]. The van der Waals surface area contributed by atoms with E-state index in [1.807, 2.05) is 178 Å². The zero-order chi connectivity index (χ0) is 93.2. The Balaban J connectivity index is 0.000000293. The van der Waals surface area contributed by atoms with Crippen molar-refractivity contribution in [3.63, 3.8) is 0 Å². The topological polar surface area (TPSA) is 433 Å². The van der Waals surface area contributed by atoms with E-state index in [9.17, 15) is 50.6 Å². The maximum absolute atomic E-state index is 12.5. The van der Waals surface area contributed by atoms with Gasteiger partial charge >= 0.3 is 0 Å². The molecule has 0 unspecified atom stereocenters. The monoisotopic (exact) mass is 2040 g/mol. The summed E-state index contributed by atoms with van der Waals surface area (Å²) in [6.45, 7) is 0. The van der Waals surface area contributed by atoms with Crippen molar-refractivity contribution in [2.75, 3.05) is 129 Å². The number of nitrogens with one attached hydrogen (secondary N) is 1. The molecule has 31 nitrogen and oxygen atoms in total. The summed E-state index contributed by atoms with van der Waals surface area (Å²) in [6.07, 6.45) is 1.60. The number of carbonyl (C=O) groups is 1. The van der Waals surface area contributed by atoms with Gasteiger partial charge in [-0.05, 0) is 211 Å². The molecule has 1 aliphatic rings. The normalized spacial score (nSPS) is 12.1. The highest BCUT2D eigenvalue weighted by atomic mass is 79.9. The van der Waals surface area contributed by atoms with Gasteiger partial charge in [0.2, 0.25) is 5.78 Å². The molecular formula is C96H103Br2Cl5N20O11. The van der Waals surface area contributed by atoms with E-state index in [4.69, 9.17) is 27.7 Å². The van der Waals surface area contributed by atoms with Crippen LogP contribution in [0, 0.1) is 20.2 Å². The van der Waals surface area contributed by atoms with Crippen molar-refractivity contribution in [1.29, 1.82) is 0 Å². The lowest BCUT2D eigenvalue weighted by molar-refractivity contribution is -0.786. The molecule has 15 rings (SSSR count). The van der Waals surface area contributed by atoms with Gasteiger partial charge in [-0.1, -0.05) is 49.9 Å². The number of hydrogen-bond donors (Lipinski definition) is 10. The number of allylic oxidation sites excluding steroid dienone is 2. The summed E-state index contributed by atoms with van der Waals surface area (Å²) in [5.74, 6) is 0.448. The number of carbonyl (C=O) groups excluding carboxylic acids is 1. The standard InChI is InChI=1S/C20H21N3O2.2C19H19N5O3.C19H20N4O.C18H15Br2N3O2.CH4.5ClH/c1-23(2,3)15-11-9-14-10-12-18(24)20(16(14)13-15)22-21-17-7-5-6-8-19(17)25-4;1-24(2,3)14-7-4-12-5-9-18(25)19(15(12)11-14)22-21-13-6-8-16(20)17(10-13)23(26)27;1-24(2,3)14-7-4-12-5-9-18(25)19(15(12)11-14)22-21-16-8-6-13(20)10-17(16)23(26)27;1-23(2,3)16-10-4-13-5-11-18(24)19(17(13)12-16)22-21-15-8-6-14(20)7-9-15;1-23(2)10-5-3-4-9(6-10)22-14-8-12(20)17(24)15-13(21)7-11(19)18(25)16(14)15;;;;;;/h5-13H,1-4H3;2*4-11H,1-3H3,(H2-,20,21,22,25);4-12H,1-3H3,(H2-,20,21,22,24);3-8,25H,21H2,1-2H3;1H4;5*1H. The molecule has 0 spiro atoms. The second-order valence-corrected chi connectivity index (χ2v) is 35.1. The van der Waals surface area contributed by atoms with Crippen LogP contribution in [-0.4, -0.2) is 153 Å². The van der Waals surface area contributed by atoms with Crippen LogP contribution in [0.3, 0.4) is 0 Å². The molecule has 0 saturated carbocycles. The van der Waals surface area contributed by atoms with Gasteiger partial charge in [-0.3, -0.25) is 43.0 Å². The quantitative estimate of drug-likeness (QED) is 0.0103. The van der Waals surface area contributed by atoms with Crippen molar-refractivity contribution in [1.82, 2.24) is 17.9 Å². The highest BCUT2D eigenvalue weighted by molar-refractivity contribution is 9.12. The van der Waals surface area contributed by atoms with Gasteiger partial charge in [0.1, 0.15) is 97.1 Å². The number of nitro benzene ring substituents is 2. The third kappa shape index (κ3) is 27.2. The minimum Gasteiger partial charge on any atom is -1.00 e. The molecule has 0 heterocycles. The number of Topliss-reactive ketones (excluding diaryl/α,β-unsaturated/α-hetero) is 1. The van der Waals surface area contributed by atoms with Crippen molar-refractivity contribution in [3.8, 4) is 34.5 Å². The number of azo groups is 4. The van der Waals surface area contributed by atoms with Crippen LogP contribution in [0.5, 0.6) is 34.5 Å². The number of halogens is 7. The number of benzene rings is 14.